The lowest BCUT2D eigenvalue weighted by atomic mass is 10.2. The summed E-state index contributed by atoms with van der Waals surface area (Å²) < 4.78 is 128. The molecule has 0 aliphatic heterocycles. The second kappa shape index (κ2) is 9.90. The van der Waals surface area contributed by atoms with Crippen molar-refractivity contribution in [2.75, 3.05) is 37.0 Å². The van der Waals surface area contributed by atoms with Crippen molar-refractivity contribution < 1.29 is 43.9 Å². The highest BCUT2D eigenvalue weighted by molar-refractivity contribution is 5.50. The number of halogens is 10. The fraction of sp³-hybridized carbons (Fsp3) is 0.333. The van der Waals surface area contributed by atoms with Gasteiger partial charge in [0.2, 0.25) is 11.6 Å². The summed E-state index contributed by atoms with van der Waals surface area (Å²) in [5.41, 5.74) is -1.82. The largest absolute Gasteiger partial charge is 0.370 e. The first kappa shape index (κ1) is 25.4. The number of hydrogen-bond acceptors (Lipinski definition) is 2. The molecule has 0 aliphatic rings. The Hall–Kier alpha value is -2.66. The van der Waals surface area contributed by atoms with E-state index in [9.17, 15) is 43.9 Å². The Labute approximate surface area is 165 Å². The lowest BCUT2D eigenvalue weighted by Gasteiger charge is -2.18. The Morgan fingerprint density at radius 2 is 0.567 bits per heavy atom. The van der Waals surface area contributed by atoms with Crippen LogP contribution in [0.1, 0.15) is 13.8 Å². The van der Waals surface area contributed by atoms with Crippen molar-refractivity contribution in [3.63, 3.8) is 0 Å². The second-order valence-corrected chi connectivity index (χ2v) is 5.87. The number of hydrogen-bond donors (Lipinski definition) is 0. The molecule has 0 heterocycles. The van der Waals surface area contributed by atoms with Crippen molar-refractivity contribution in [3.8, 4) is 0 Å². The van der Waals surface area contributed by atoms with E-state index in [1.165, 1.54) is 27.9 Å². The summed E-state index contributed by atoms with van der Waals surface area (Å²) in [6, 6.07) is 0. The fourth-order valence-corrected chi connectivity index (χ4v) is 2.17. The molecule has 30 heavy (non-hydrogen) atoms. The Bertz CT molecular complexity index is 799. The molecule has 12 heteroatoms. The van der Waals surface area contributed by atoms with Gasteiger partial charge in [-0.25, -0.2) is 43.9 Å². The molecule has 2 aromatic carbocycles. The van der Waals surface area contributed by atoms with Crippen molar-refractivity contribution >= 4 is 11.4 Å². The van der Waals surface area contributed by atoms with Gasteiger partial charge in [0, 0.05) is 27.2 Å². The Balaban J connectivity index is 0.000000300. The predicted molar refractivity (Wildman–Crippen MR) is 90.4 cm³/mol. The molecule has 0 atom stereocenters. The van der Waals surface area contributed by atoms with Crippen LogP contribution in [0.3, 0.4) is 0 Å². The summed E-state index contributed by atoms with van der Waals surface area (Å²) in [6.45, 7) is 3.30. The molecule has 2 nitrogen and oxygen atoms in total. The van der Waals surface area contributed by atoms with Crippen LogP contribution in [0.4, 0.5) is 55.3 Å². The van der Waals surface area contributed by atoms with Crippen molar-refractivity contribution in [2.45, 2.75) is 13.8 Å². The van der Waals surface area contributed by atoms with Gasteiger partial charge in [-0.2, -0.15) is 0 Å². The third-order valence-electron chi connectivity index (χ3n) is 4.09. The molecule has 0 fully saturated rings. The number of nitrogens with zero attached hydrogens (tertiary/aromatic N) is 2. The van der Waals surface area contributed by atoms with E-state index in [1.807, 2.05) is 0 Å². The van der Waals surface area contributed by atoms with Crippen molar-refractivity contribution in [2.24, 2.45) is 0 Å². The van der Waals surface area contributed by atoms with Gasteiger partial charge in [0.25, 0.3) is 0 Å². The van der Waals surface area contributed by atoms with Gasteiger partial charge in [-0.3, -0.25) is 0 Å². The van der Waals surface area contributed by atoms with Crippen molar-refractivity contribution in [1.82, 2.24) is 0 Å². The lowest BCUT2D eigenvalue weighted by Crippen LogP contribution is -2.21. The van der Waals surface area contributed by atoms with E-state index in [-0.39, 0.29) is 13.1 Å². The molecule has 168 valence electrons. The Morgan fingerprint density at radius 1 is 0.400 bits per heavy atom. The van der Waals surface area contributed by atoms with E-state index in [0.29, 0.717) is 0 Å². The van der Waals surface area contributed by atoms with Gasteiger partial charge in [-0.15, -0.1) is 0 Å². The van der Waals surface area contributed by atoms with Gasteiger partial charge >= 0.3 is 0 Å². The molecule has 0 N–H and O–H groups in total. The minimum Gasteiger partial charge on any atom is -0.370 e. The first-order chi connectivity index (χ1) is 13.8. The van der Waals surface area contributed by atoms with Gasteiger partial charge in [-0.05, 0) is 13.8 Å². The molecule has 0 spiro atoms. The van der Waals surface area contributed by atoms with Crippen LogP contribution in [0.5, 0.6) is 0 Å². The van der Waals surface area contributed by atoms with Crippen LogP contribution in [0, 0.1) is 58.2 Å². The summed E-state index contributed by atoms with van der Waals surface area (Å²) in [7, 11) is 2.47. The van der Waals surface area contributed by atoms with Gasteiger partial charge < -0.3 is 9.80 Å². The zero-order valence-electron chi connectivity index (χ0n) is 16.1. The Kier molecular flexibility index (Phi) is 8.37. The highest BCUT2D eigenvalue weighted by Crippen LogP contribution is 2.30. The third kappa shape index (κ3) is 4.57. The minimum absolute atomic E-state index is 0.123. The van der Waals surface area contributed by atoms with E-state index in [2.05, 4.69) is 0 Å². The fourth-order valence-electron chi connectivity index (χ4n) is 2.17. The molecule has 0 unspecified atom stereocenters. The normalized spacial score (nSPS) is 10.6. The maximum Gasteiger partial charge on any atom is 0.200 e. The van der Waals surface area contributed by atoms with Crippen LogP contribution in [0.2, 0.25) is 0 Å². The van der Waals surface area contributed by atoms with Crippen LogP contribution < -0.4 is 9.80 Å². The summed E-state index contributed by atoms with van der Waals surface area (Å²) in [5.74, 6) is -19.2. The standard InChI is InChI=1S/2C9H8F5N/c2*1-3-15(2)9-7(13)5(11)4(10)6(12)8(9)14/h2*3H2,1-2H3. The van der Waals surface area contributed by atoms with E-state index < -0.39 is 69.5 Å². The highest BCUT2D eigenvalue weighted by Gasteiger charge is 2.28. The third-order valence-corrected chi connectivity index (χ3v) is 4.09. The van der Waals surface area contributed by atoms with Crippen LogP contribution in [0.15, 0.2) is 0 Å². The average molecular weight is 450 g/mol. The van der Waals surface area contributed by atoms with Crippen molar-refractivity contribution in [1.29, 1.82) is 0 Å². The molecule has 0 amide bonds. The van der Waals surface area contributed by atoms with E-state index in [0.717, 1.165) is 9.80 Å². The highest BCUT2D eigenvalue weighted by atomic mass is 19.2. The number of benzene rings is 2. The van der Waals surface area contributed by atoms with E-state index >= 15 is 0 Å². The molecule has 0 bridgehead atoms. The Morgan fingerprint density at radius 3 is 0.733 bits per heavy atom. The lowest BCUT2D eigenvalue weighted by molar-refractivity contribution is 0.379. The maximum atomic E-state index is 13.1. The second-order valence-electron chi connectivity index (χ2n) is 5.87. The van der Waals surface area contributed by atoms with E-state index in [1.54, 1.807) is 0 Å². The van der Waals surface area contributed by atoms with Crippen LogP contribution in [0.25, 0.3) is 0 Å². The molecule has 0 radical (unpaired) electrons. The molecule has 2 aromatic rings. The van der Waals surface area contributed by atoms with Crippen molar-refractivity contribution in [3.05, 3.63) is 58.2 Å². The van der Waals surface area contributed by atoms with Gasteiger partial charge in [0.1, 0.15) is 11.4 Å². The molecule has 0 aromatic heterocycles. The van der Waals surface area contributed by atoms with Gasteiger partial charge in [-0.1, -0.05) is 0 Å². The SMILES string of the molecule is CCN(C)c1c(F)c(F)c(F)c(F)c1F.CCN(C)c1c(F)c(F)c(F)c(F)c1F. The van der Waals surface area contributed by atoms with Crippen LogP contribution >= 0.6 is 0 Å². The molecule has 0 saturated carbocycles. The van der Waals surface area contributed by atoms with Gasteiger partial charge in [0.15, 0.2) is 46.5 Å². The predicted octanol–water partition coefficient (Wildman–Crippen LogP) is 5.68. The van der Waals surface area contributed by atoms with E-state index in [4.69, 9.17) is 0 Å². The topological polar surface area (TPSA) is 6.48 Å². The summed E-state index contributed by atoms with van der Waals surface area (Å²) in [4.78, 5) is 1.88. The zero-order valence-corrected chi connectivity index (χ0v) is 16.1. The van der Waals surface area contributed by atoms with Gasteiger partial charge in [0.05, 0.1) is 0 Å². The average Bonchev–Trinajstić information content (AvgIpc) is 2.73. The monoisotopic (exact) mass is 450 g/mol. The van der Waals surface area contributed by atoms with Crippen LogP contribution in [-0.4, -0.2) is 27.2 Å². The van der Waals surface area contributed by atoms with Crippen LogP contribution in [-0.2, 0) is 0 Å². The summed E-state index contributed by atoms with van der Waals surface area (Å²) >= 11 is 0. The molecular formula is C18H16F10N2. The molecule has 0 saturated heterocycles. The number of rotatable bonds is 4. The molecule has 2 rings (SSSR count). The molecule has 0 aliphatic carbocycles. The summed E-state index contributed by atoms with van der Waals surface area (Å²) in [5, 5.41) is 0. The summed E-state index contributed by atoms with van der Waals surface area (Å²) in [6.07, 6.45) is 0. The first-order valence-electron chi connectivity index (χ1n) is 8.28. The first-order valence-corrected chi connectivity index (χ1v) is 8.28. The number of anilines is 2. The molecular weight excluding hydrogens is 434 g/mol. The smallest absolute Gasteiger partial charge is 0.200 e. The zero-order chi connectivity index (χ0) is 23.5. The maximum absolute atomic E-state index is 13.1. The minimum atomic E-state index is -2.14. The quantitative estimate of drug-likeness (QED) is 0.336.